The van der Waals surface area contributed by atoms with Gasteiger partial charge >= 0.3 is 5.97 Å². The summed E-state index contributed by atoms with van der Waals surface area (Å²) < 4.78 is 5.26. The first-order chi connectivity index (χ1) is 9.60. The Balaban J connectivity index is 4.08. The molecule has 0 aliphatic carbocycles. The summed E-state index contributed by atoms with van der Waals surface area (Å²) in [5, 5.41) is 0. The minimum absolute atomic E-state index is 0.269. The molecule has 0 aliphatic rings. The quantitative estimate of drug-likeness (QED) is 0.327. The van der Waals surface area contributed by atoms with E-state index in [4.69, 9.17) is 4.74 Å². The van der Waals surface area contributed by atoms with Crippen molar-refractivity contribution in [1.82, 2.24) is 0 Å². The predicted molar refractivity (Wildman–Crippen MR) is 91.2 cm³/mol. The van der Waals surface area contributed by atoms with Crippen LogP contribution in [0.1, 0.15) is 74.1 Å². The summed E-state index contributed by atoms with van der Waals surface area (Å²) in [4.78, 5) is 11.6. The smallest absolute Gasteiger partial charge is 0.331 e. The van der Waals surface area contributed by atoms with Crippen LogP contribution in [0.3, 0.4) is 0 Å². The zero-order valence-corrected chi connectivity index (χ0v) is 15.0. The highest BCUT2D eigenvalue weighted by molar-refractivity contribution is 5.83. The average molecular weight is 294 g/mol. The normalized spacial score (nSPS) is 14.8. The van der Waals surface area contributed by atoms with E-state index in [1.165, 1.54) is 19.3 Å². The first-order valence-electron chi connectivity index (χ1n) is 8.18. The largest absolute Gasteiger partial charge is 0.457 e. The maximum atomic E-state index is 11.6. The Morgan fingerprint density at radius 1 is 1.14 bits per heavy atom. The number of hydrogen-bond acceptors (Lipinski definition) is 2. The SMILES string of the molecule is CC(C=CCC(C)CCCC(C)C)=CC(=O)OC(C)(C)C. The van der Waals surface area contributed by atoms with Crippen molar-refractivity contribution in [1.29, 1.82) is 0 Å². The van der Waals surface area contributed by atoms with E-state index in [0.717, 1.165) is 17.9 Å². The molecular weight excluding hydrogens is 260 g/mol. The summed E-state index contributed by atoms with van der Waals surface area (Å²) in [6, 6.07) is 0. The number of rotatable bonds is 8. The van der Waals surface area contributed by atoms with E-state index in [9.17, 15) is 4.79 Å². The fraction of sp³-hybridized carbons (Fsp3) is 0.737. The molecule has 2 heteroatoms. The van der Waals surface area contributed by atoms with Gasteiger partial charge < -0.3 is 4.74 Å². The van der Waals surface area contributed by atoms with Crippen LogP contribution < -0.4 is 0 Å². The molecule has 0 saturated carbocycles. The molecule has 0 aromatic carbocycles. The molecule has 0 fully saturated rings. The van der Waals surface area contributed by atoms with Crippen molar-refractivity contribution in [3.05, 3.63) is 23.8 Å². The molecule has 122 valence electrons. The van der Waals surface area contributed by atoms with Gasteiger partial charge in [-0.15, -0.1) is 0 Å². The monoisotopic (exact) mass is 294 g/mol. The van der Waals surface area contributed by atoms with Crippen LogP contribution in [0.5, 0.6) is 0 Å². The van der Waals surface area contributed by atoms with E-state index in [0.29, 0.717) is 5.92 Å². The molecule has 0 saturated heterocycles. The summed E-state index contributed by atoms with van der Waals surface area (Å²) in [5.74, 6) is 1.23. The molecule has 0 aromatic heterocycles. The predicted octanol–water partition coefficient (Wildman–Crippen LogP) is 5.68. The van der Waals surface area contributed by atoms with E-state index in [1.807, 2.05) is 33.8 Å². The van der Waals surface area contributed by atoms with Crippen LogP contribution in [0.25, 0.3) is 0 Å². The molecule has 0 amide bonds. The Hall–Kier alpha value is -1.05. The van der Waals surface area contributed by atoms with Crippen LogP contribution in [-0.2, 0) is 9.53 Å². The molecule has 1 atom stereocenters. The van der Waals surface area contributed by atoms with Crippen LogP contribution in [-0.4, -0.2) is 11.6 Å². The van der Waals surface area contributed by atoms with Gasteiger partial charge in [-0.05, 0) is 51.5 Å². The maximum Gasteiger partial charge on any atom is 0.331 e. The van der Waals surface area contributed by atoms with E-state index in [-0.39, 0.29) is 5.97 Å². The number of carbonyl (C=O) groups is 1. The van der Waals surface area contributed by atoms with Gasteiger partial charge in [0.25, 0.3) is 0 Å². The Kier molecular flexibility index (Phi) is 9.32. The zero-order valence-electron chi connectivity index (χ0n) is 15.0. The van der Waals surface area contributed by atoms with Gasteiger partial charge in [0.15, 0.2) is 0 Å². The minimum atomic E-state index is -0.428. The van der Waals surface area contributed by atoms with Gasteiger partial charge in [-0.1, -0.05) is 52.2 Å². The number of hydrogen-bond donors (Lipinski definition) is 0. The molecule has 0 aliphatic heterocycles. The molecule has 0 aromatic rings. The summed E-state index contributed by atoms with van der Waals surface area (Å²) in [6.45, 7) is 14.4. The van der Waals surface area contributed by atoms with Crippen molar-refractivity contribution in [3.63, 3.8) is 0 Å². The lowest BCUT2D eigenvalue weighted by Gasteiger charge is -2.18. The lowest BCUT2D eigenvalue weighted by Crippen LogP contribution is -2.22. The summed E-state index contributed by atoms with van der Waals surface area (Å²) >= 11 is 0. The second kappa shape index (κ2) is 9.81. The van der Waals surface area contributed by atoms with Crippen molar-refractivity contribution in [2.24, 2.45) is 11.8 Å². The van der Waals surface area contributed by atoms with Crippen molar-refractivity contribution < 1.29 is 9.53 Å². The maximum absolute atomic E-state index is 11.6. The average Bonchev–Trinajstić information content (AvgIpc) is 2.25. The summed E-state index contributed by atoms with van der Waals surface area (Å²) in [7, 11) is 0. The highest BCUT2D eigenvalue weighted by Gasteiger charge is 2.14. The van der Waals surface area contributed by atoms with Gasteiger partial charge in [-0.3, -0.25) is 0 Å². The Morgan fingerprint density at radius 3 is 2.29 bits per heavy atom. The Labute approximate surface area is 131 Å². The molecular formula is C19H34O2. The second-order valence-corrected chi connectivity index (χ2v) is 7.49. The third kappa shape index (κ3) is 13.7. The fourth-order valence-corrected chi connectivity index (χ4v) is 2.04. The third-order valence-corrected chi connectivity index (χ3v) is 3.15. The molecule has 2 nitrogen and oxygen atoms in total. The van der Waals surface area contributed by atoms with Crippen LogP contribution in [0.15, 0.2) is 23.8 Å². The van der Waals surface area contributed by atoms with Gasteiger partial charge in [0, 0.05) is 6.08 Å². The van der Waals surface area contributed by atoms with Crippen LogP contribution >= 0.6 is 0 Å². The van der Waals surface area contributed by atoms with Crippen molar-refractivity contribution in [3.8, 4) is 0 Å². The number of allylic oxidation sites excluding steroid dienone is 3. The van der Waals surface area contributed by atoms with Crippen LogP contribution in [0, 0.1) is 11.8 Å². The van der Waals surface area contributed by atoms with E-state index >= 15 is 0 Å². The number of carbonyl (C=O) groups excluding carboxylic acids is 1. The highest BCUT2D eigenvalue weighted by Crippen LogP contribution is 2.16. The third-order valence-electron chi connectivity index (χ3n) is 3.15. The second-order valence-electron chi connectivity index (χ2n) is 7.49. The molecule has 0 bridgehead atoms. The van der Waals surface area contributed by atoms with E-state index in [1.54, 1.807) is 6.08 Å². The molecule has 0 N–H and O–H groups in total. The number of esters is 1. The molecule has 0 rings (SSSR count). The Morgan fingerprint density at radius 2 is 1.76 bits per heavy atom. The standard InChI is InChI=1S/C19H34O2/c1-15(2)10-8-11-16(3)12-9-13-17(4)14-18(20)21-19(5,6)7/h9,13-16H,8,10-12H2,1-7H3. The van der Waals surface area contributed by atoms with Crippen LogP contribution in [0.2, 0.25) is 0 Å². The topological polar surface area (TPSA) is 26.3 Å². The lowest BCUT2D eigenvalue weighted by atomic mass is 9.97. The minimum Gasteiger partial charge on any atom is -0.457 e. The van der Waals surface area contributed by atoms with Crippen LogP contribution in [0.4, 0.5) is 0 Å². The first kappa shape index (κ1) is 19.9. The van der Waals surface area contributed by atoms with Gasteiger partial charge in [0.05, 0.1) is 0 Å². The van der Waals surface area contributed by atoms with Crippen molar-refractivity contribution >= 4 is 5.97 Å². The van der Waals surface area contributed by atoms with Gasteiger partial charge in [0.1, 0.15) is 5.60 Å². The van der Waals surface area contributed by atoms with Gasteiger partial charge in [-0.25, -0.2) is 4.79 Å². The van der Waals surface area contributed by atoms with E-state index < -0.39 is 5.60 Å². The Bertz CT molecular complexity index is 356. The van der Waals surface area contributed by atoms with Gasteiger partial charge in [0.2, 0.25) is 0 Å². The number of ether oxygens (including phenoxy) is 1. The van der Waals surface area contributed by atoms with Gasteiger partial charge in [-0.2, -0.15) is 0 Å². The molecule has 1 unspecified atom stereocenters. The molecule has 0 radical (unpaired) electrons. The summed E-state index contributed by atoms with van der Waals surface area (Å²) in [5.41, 5.74) is 0.515. The zero-order chi connectivity index (χ0) is 16.5. The summed E-state index contributed by atoms with van der Waals surface area (Å²) in [6.07, 6.45) is 10.7. The van der Waals surface area contributed by atoms with E-state index in [2.05, 4.69) is 26.8 Å². The molecule has 0 heterocycles. The fourth-order valence-electron chi connectivity index (χ4n) is 2.04. The van der Waals surface area contributed by atoms with Crippen molar-refractivity contribution in [2.75, 3.05) is 0 Å². The lowest BCUT2D eigenvalue weighted by molar-refractivity contribution is -0.148. The molecule has 0 spiro atoms. The highest BCUT2D eigenvalue weighted by atomic mass is 16.6. The first-order valence-corrected chi connectivity index (χ1v) is 8.18. The van der Waals surface area contributed by atoms with Crippen molar-refractivity contribution in [2.45, 2.75) is 79.8 Å². The molecule has 21 heavy (non-hydrogen) atoms.